The molecule has 5 aromatic heterocycles. The lowest BCUT2D eigenvalue weighted by Gasteiger charge is -2.50. The van der Waals surface area contributed by atoms with Gasteiger partial charge in [-0.05, 0) is 68.9 Å². The minimum absolute atomic E-state index is 0.0610. The van der Waals surface area contributed by atoms with Crippen LogP contribution in [0, 0.1) is 23.0 Å². The maximum absolute atomic E-state index is 15.4. The summed E-state index contributed by atoms with van der Waals surface area (Å²) >= 11 is 0. The summed E-state index contributed by atoms with van der Waals surface area (Å²) in [6, 6.07) is 13.0. The van der Waals surface area contributed by atoms with Crippen molar-refractivity contribution in [1.29, 1.82) is 5.26 Å². The fraction of sp³-hybridized carbons (Fsp3) is 0.440. The Hall–Kier alpha value is -7.08. The number of aromatic nitrogens is 7. The Morgan fingerprint density at radius 1 is 0.843 bits per heavy atom. The van der Waals surface area contributed by atoms with E-state index < -0.39 is 23.6 Å². The van der Waals surface area contributed by atoms with Crippen molar-refractivity contribution in [2.75, 3.05) is 74.2 Å². The fourth-order valence-corrected chi connectivity index (χ4v) is 10.9. The molecule has 4 aliphatic heterocycles. The summed E-state index contributed by atoms with van der Waals surface area (Å²) in [5.41, 5.74) is 5.18. The first-order valence-electron chi connectivity index (χ1n) is 24.2. The number of pyridine rings is 2. The number of imide groups is 1. The van der Waals surface area contributed by atoms with E-state index in [1.165, 1.54) is 12.1 Å². The predicted molar refractivity (Wildman–Crippen MR) is 255 cm³/mol. The monoisotopic (exact) mass is 952 g/mol. The summed E-state index contributed by atoms with van der Waals surface area (Å²) in [5.74, 6) is -0.725. The number of benzene rings is 1. The second kappa shape index (κ2) is 19.4. The van der Waals surface area contributed by atoms with Gasteiger partial charge in [-0.25, -0.2) is 28.2 Å². The van der Waals surface area contributed by atoms with E-state index >= 15 is 8.78 Å². The van der Waals surface area contributed by atoms with Crippen molar-refractivity contribution in [2.45, 2.75) is 82.2 Å². The van der Waals surface area contributed by atoms with Gasteiger partial charge in [0.05, 0.1) is 67.9 Å². The van der Waals surface area contributed by atoms with Crippen LogP contribution < -0.4 is 25.2 Å². The van der Waals surface area contributed by atoms with Crippen LogP contribution in [0.15, 0.2) is 73.6 Å². The third-order valence-electron chi connectivity index (χ3n) is 14.5. The first-order chi connectivity index (χ1) is 34.2. The number of carbonyl (C=O) groups excluding carboxylic acids is 2. The largest absolute Gasteiger partial charge is 0.478 e. The molecule has 70 heavy (non-hydrogen) atoms. The highest BCUT2D eigenvalue weighted by atomic mass is 19.1. The number of anilines is 3. The number of carbonyl (C=O) groups is 2. The third kappa shape index (κ3) is 9.11. The first kappa shape index (κ1) is 45.4. The van der Waals surface area contributed by atoms with E-state index in [-0.39, 0.29) is 48.2 Å². The van der Waals surface area contributed by atoms with Crippen LogP contribution in [0.25, 0.3) is 28.0 Å². The number of nitrogens with one attached hydrogen (secondary N) is 2. The highest BCUT2D eigenvalue weighted by Gasteiger charge is 2.39. The van der Waals surface area contributed by atoms with Crippen molar-refractivity contribution in [3.8, 4) is 34.5 Å². The second-order valence-corrected chi connectivity index (χ2v) is 18.8. The van der Waals surface area contributed by atoms with Gasteiger partial charge in [0.25, 0.3) is 0 Å². The zero-order chi connectivity index (χ0) is 47.9. The lowest BCUT2D eigenvalue weighted by Crippen LogP contribution is -2.64. The van der Waals surface area contributed by atoms with Crippen LogP contribution in [0.2, 0.25) is 0 Å². The van der Waals surface area contributed by atoms with E-state index in [9.17, 15) is 14.9 Å². The van der Waals surface area contributed by atoms with Crippen molar-refractivity contribution in [3.05, 3.63) is 96.3 Å². The van der Waals surface area contributed by atoms with Gasteiger partial charge in [0.2, 0.25) is 17.7 Å². The number of piperazine rings is 2. The maximum Gasteiger partial charge on any atom is 0.249 e. The smallest absolute Gasteiger partial charge is 0.249 e. The maximum atomic E-state index is 15.4. The molecular formula is C50H54F2N14O4. The summed E-state index contributed by atoms with van der Waals surface area (Å²) in [5, 5.41) is 24.6. The van der Waals surface area contributed by atoms with Crippen molar-refractivity contribution < 1.29 is 27.8 Å². The van der Waals surface area contributed by atoms with Gasteiger partial charge in [-0.2, -0.15) is 15.5 Å². The molecule has 18 nitrogen and oxygen atoms in total. The van der Waals surface area contributed by atoms with E-state index in [1.807, 2.05) is 60.8 Å². The Morgan fingerprint density at radius 2 is 1.61 bits per heavy atom. The lowest BCUT2D eigenvalue weighted by atomic mass is 9.90. The molecule has 6 aromatic rings. The van der Waals surface area contributed by atoms with Gasteiger partial charge in [0.15, 0.2) is 11.6 Å². The van der Waals surface area contributed by atoms with Crippen LogP contribution in [0.4, 0.5) is 26.0 Å². The number of rotatable bonds is 12. The molecule has 2 bridgehead atoms. The Bertz CT molecular complexity index is 2890. The standard InChI is InChI=1S/C50H54F2N14O4/c1-2-70-46-12-3-31(20-55-46)24-64-38-26-63(27-39(64)30-69-29-38)44-10-4-32(21-54-44)47-48-33(19-53)22-57-66(48)28-43(59-47)34-23-56-65(25-34)37-7-5-36(6-8-37)61-13-15-62(16-14-61)49-40(51)17-35(18-41(49)52)58-42-9-11-45(67)60-50(42)68/h3-4,10,12,17-18,20-23,25,28,36-39,42,58H,2,5-9,11,13-16,24,26-27,29-30H2,1H3,(H,60,67,68)/t36?,37?,38-,39-,42?/m0/s1. The molecule has 2 N–H and O–H groups in total. The van der Waals surface area contributed by atoms with E-state index in [1.54, 1.807) is 15.6 Å². The molecule has 20 heteroatoms. The SMILES string of the molecule is CCOc1ccc(CN2[C@@H]3COC[C@@H]2CN(c2ccc(-c4nc(-c5cnn(C6CCC(N7CCN(c8c(F)cc(NC9CCC(=O)NC9=O)cc8F)CC7)CC6)c5)cn5ncc(C#N)c45)cn2)C3)cn1. The molecule has 2 amide bonds. The Labute approximate surface area is 403 Å². The number of morpholine rings is 1. The number of fused-ring (bicyclic) bond motifs is 3. The molecule has 1 aromatic carbocycles. The van der Waals surface area contributed by atoms with Crippen LogP contribution in [0.1, 0.15) is 62.6 Å². The van der Waals surface area contributed by atoms with Crippen molar-refractivity contribution >= 4 is 34.5 Å². The molecule has 1 saturated carbocycles. The van der Waals surface area contributed by atoms with Crippen LogP contribution in [0.5, 0.6) is 5.88 Å². The number of nitrogens with zero attached hydrogens (tertiary/aromatic N) is 12. The molecule has 5 fully saturated rings. The summed E-state index contributed by atoms with van der Waals surface area (Å²) < 4.78 is 46.1. The molecule has 11 rings (SSSR count). The first-order valence-corrected chi connectivity index (χ1v) is 24.2. The number of nitriles is 1. The van der Waals surface area contributed by atoms with E-state index in [0.717, 1.165) is 67.8 Å². The van der Waals surface area contributed by atoms with Crippen molar-refractivity contribution in [2.24, 2.45) is 0 Å². The van der Waals surface area contributed by atoms with Gasteiger partial charge in [-0.1, -0.05) is 6.07 Å². The molecule has 1 aliphatic carbocycles. The molecule has 0 radical (unpaired) electrons. The van der Waals surface area contributed by atoms with E-state index in [2.05, 4.69) is 47.6 Å². The third-order valence-corrected chi connectivity index (χ3v) is 14.5. The highest BCUT2D eigenvalue weighted by Crippen LogP contribution is 2.36. The average molecular weight is 953 g/mol. The Balaban J connectivity index is 0.720. The van der Waals surface area contributed by atoms with Crippen LogP contribution in [-0.4, -0.2) is 139 Å². The second-order valence-electron chi connectivity index (χ2n) is 18.8. The lowest BCUT2D eigenvalue weighted by molar-refractivity contribution is -0.133. The quantitative estimate of drug-likeness (QED) is 0.152. The van der Waals surface area contributed by atoms with Gasteiger partial charge in [-0.3, -0.25) is 29.4 Å². The zero-order valence-electron chi connectivity index (χ0n) is 38.9. The van der Waals surface area contributed by atoms with Crippen LogP contribution in [0.3, 0.4) is 0 Å². The zero-order valence-corrected chi connectivity index (χ0v) is 38.9. The number of hydrogen-bond acceptors (Lipinski definition) is 15. The summed E-state index contributed by atoms with van der Waals surface area (Å²) in [4.78, 5) is 47.3. The average Bonchev–Trinajstić information content (AvgIpc) is 4.04. The predicted octanol–water partition coefficient (Wildman–Crippen LogP) is 5.21. The molecular weight excluding hydrogens is 899 g/mol. The van der Waals surface area contributed by atoms with Crippen LogP contribution >= 0.6 is 0 Å². The number of piperidine rings is 1. The highest BCUT2D eigenvalue weighted by molar-refractivity contribution is 6.01. The minimum Gasteiger partial charge on any atom is -0.478 e. The van der Waals surface area contributed by atoms with Gasteiger partial charge in [0, 0.05) is 99.7 Å². The minimum atomic E-state index is -0.733. The van der Waals surface area contributed by atoms with Gasteiger partial charge >= 0.3 is 0 Å². The molecule has 362 valence electrons. The molecule has 3 atom stereocenters. The fourth-order valence-electron chi connectivity index (χ4n) is 10.9. The number of ether oxygens (including phenoxy) is 2. The number of amides is 2. The van der Waals surface area contributed by atoms with Gasteiger partial charge in [0.1, 0.15) is 34.7 Å². The molecule has 4 saturated heterocycles. The summed E-state index contributed by atoms with van der Waals surface area (Å²) in [6.45, 7) is 8.48. The number of halogens is 2. The normalized spacial score (nSPS) is 23.3. The van der Waals surface area contributed by atoms with Gasteiger partial charge in [-0.15, -0.1) is 0 Å². The van der Waals surface area contributed by atoms with Crippen LogP contribution in [-0.2, 0) is 20.9 Å². The molecule has 9 heterocycles. The van der Waals surface area contributed by atoms with Crippen molar-refractivity contribution in [1.82, 2.24) is 49.5 Å². The van der Waals surface area contributed by atoms with E-state index in [4.69, 9.17) is 24.5 Å². The Kier molecular flexibility index (Phi) is 12.6. The molecule has 5 aliphatic rings. The van der Waals surface area contributed by atoms with E-state index in [0.29, 0.717) is 80.4 Å². The summed E-state index contributed by atoms with van der Waals surface area (Å²) in [6.07, 6.45) is 15.2. The topological polar surface area (TPSA) is 187 Å². The van der Waals surface area contributed by atoms with Crippen molar-refractivity contribution in [3.63, 3.8) is 0 Å². The van der Waals surface area contributed by atoms with Gasteiger partial charge < -0.3 is 24.6 Å². The summed E-state index contributed by atoms with van der Waals surface area (Å²) in [7, 11) is 0. The molecule has 0 spiro atoms. The number of hydrogen-bond donors (Lipinski definition) is 2. The molecule has 1 unspecified atom stereocenters. The Morgan fingerprint density at radius 3 is 2.30 bits per heavy atom.